The van der Waals surface area contributed by atoms with Crippen molar-refractivity contribution in [3.8, 4) is 5.75 Å². The van der Waals surface area contributed by atoms with Crippen molar-refractivity contribution in [2.45, 2.75) is 31.8 Å². The van der Waals surface area contributed by atoms with Gasteiger partial charge in [-0.05, 0) is 44.0 Å². The van der Waals surface area contributed by atoms with Crippen molar-refractivity contribution in [1.29, 1.82) is 0 Å². The molecule has 146 valence electrons. The summed E-state index contributed by atoms with van der Waals surface area (Å²) in [5.74, 6) is 0.161. The first-order valence-corrected chi connectivity index (χ1v) is 9.37. The van der Waals surface area contributed by atoms with Crippen LogP contribution in [0.3, 0.4) is 0 Å². The highest BCUT2D eigenvalue weighted by Gasteiger charge is 2.31. The predicted molar refractivity (Wildman–Crippen MR) is 101 cm³/mol. The fraction of sp³-hybridized carbons (Fsp3) is 0.400. The van der Waals surface area contributed by atoms with Crippen molar-refractivity contribution in [3.63, 3.8) is 0 Å². The normalized spacial score (nSPS) is 18.2. The van der Waals surface area contributed by atoms with Crippen molar-refractivity contribution in [1.82, 2.24) is 24.6 Å². The van der Waals surface area contributed by atoms with E-state index in [-0.39, 0.29) is 17.6 Å². The number of hydrogen-bond acceptors (Lipinski definition) is 5. The van der Waals surface area contributed by atoms with Crippen molar-refractivity contribution in [2.24, 2.45) is 7.05 Å². The monoisotopic (exact) mass is 383 g/mol. The van der Waals surface area contributed by atoms with Crippen LogP contribution in [0.1, 0.15) is 31.4 Å². The summed E-state index contributed by atoms with van der Waals surface area (Å²) in [4.78, 5) is 23.5. The van der Waals surface area contributed by atoms with Crippen LogP contribution < -0.4 is 4.74 Å². The Morgan fingerprint density at radius 1 is 1.25 bits per heavy atom. The molecule has 0 radical (unpaired) electrons. The number of nitrogens with zero attached hydrogens (tertiary/aromatic N) is 5. The number of benzene rings is 1. The number of hydrogen-bond donors (Lipinski definition) is 0. The van der Waals surface area contributed by atoms with Gasteiger partial charge in [-0.1, -0.05) is 0 Å². The average Bonchev–Trinajstić information content (AvgIpc) is 3.06. The maximum Gasteiger partial charge on any atom is 0.263 e. The first kappa shape index (κ1) is 18.3. The summed E-state index contributed by atoms with van der Waals surface area (Å²) >= 11 is 0. The van der Waals surface area contributed by atoms with Crippen LogP contribution in [0.15, 0.2) is 36.7 Å². The van der Waals surface area contributed by atoms with Crippen LogP contribution in [-0.4, -0.2) is 49.7 Å². The van der Waals surface area contributed by atoms with Crippen LogP contribution >= 0.6 is 0 Å². The van der Waals surface area contributed by atoms with Crippen LogP contribution in [0.5, 0.6) is 5.75 Å². The third kappa shape index (κ3) is 3.54. The molecule has 1 amide bonds. The Hall–Kier alpha value is -3.03. The molecule has 8 heteroatoms. The molecule has 4 rings (SSSR count). The second-order valence-corrected chi connectivity index (χ2v) is 7.07. The summed E-state index contributed by atoms with van der Waals surface area (Å²) in [5.41, 5.74) is 2.42. The second kappa shape index (κ2) is 7.53. The highest BCUT2D eigenvalue weighted by Crippen LogP contribution is 2.30. The van der Waals surface area contributed by atoms with Crippen molar-refractivity contribution in [3.05, 3.63) is 48.2 Å². The predicted octanol–water partition coefficient (Wildman–Crippen LogP) is 2.68. The van der Waals surface area contributed by atoms with E-state index in [0.29, 0.717) is 18.8 Å². The van der Waals surface area contributed by atoms with Crippen LogP contribution in [0.4, 0.5) is 4.39 Å². The van der Waals surface area contributed by atoms with Gasteiger partial charge in [0.2, 0.25) is 0 Å². The van der Waals surface area contributed by atoms with E-state index in [1.54, 1.807) is 24.0 Å². The molecule has 0 N–H and O–H groups in total. The molecule has 1 fully saturated rings. The van der Waals surface area contributed by atoms with Gasteiger partial charge in [0, 0.05) is 38.4 Å². The number of halogens is 1. The lowest BCUT2D eigenvalue weighted by atomic mass is 9.94. The SMILES string of the molecule is CC(Oc1ccc(F)cc1)C(=O)N1CCCC(c2nn(C)c3nccnc23)C1. The average molecular weight is 383 g/mol. The smallest absolute Gasteiger partial charge is 0.263 e. The molecule has 2 aromatic heterocycles. The van der Waals surface area contributed by atoms with Gasteiger partial charge >= 0.3 is 0 Å². The maximum atomic E-state index is 13.0. The number of aryl methyl sites for hydroxylation is 1. The third-order valence-corrected chi connectivity index (χ3v) is 5.08. The summed E-state index contributed by atoms with van der Waals surface area (Å²) < 4.78 is 20.5. The molecule has 0 bridgehead atoms. The van der Waals surface area contributed by atoms with E-state index in [1.807, 2.05) is 11.9 Å². The lowest BCUT2D eigenvalue weighted by molar-refractivity contribution is -0.139. The molecule has 3 aromatic rings. The number of ether oxygens (including phenoxy) is 1. The third-order valence-electron chi connectivity index (χ3n) is 5.08. The quantitative estimate of drug-likeness (QED) is 0.693. The summed E-state index contributed by atoms with van der Waals surface area (Å²) in [6, 6.07) is 5.68. The Balaban J connectivity index is 1.48. The Kier molecular flexibility index (Phi) is 4.93. The van der Waals surface area contributed by atoms with Crippen LogP contribution in [0.2, 0.25) is 0 Å². The van der Waals surface area contributed by atoms with Crippen LogP contribution in [-0.2, 0) is 11.8 Å². The summed E-state index contributed by atoms with van der Waals surface area (Å²) in [6.07, 6.45) is 4.50. The van der Waals surface area contributed by atoms with Gasteiger partial charge in [0.05, 0.1) is 5.69 Å². The van der Waals surface area contributed by atoms with E-state index in [2.05, 4.69) is 15.1 Å². The molecule has 1 aliphatic rings. The molecule has 0 aliphatic carbocycles. The number of rotatable bonds is 4. The van der Waals surface area contributed by atoms with E-state index >= 15 is 0 Å². The lowest BCUT2D eigenvalue weighted by Crippen LogP contribution is -2.45. The minimum absolute atomic E-state index is 0.0830. The zero-order chi connectivity index (χ0) is 19.7. The zero-order valence-corrected chi connectivity index (χ0v) is 15.9. The highest BCUT2D eigenvalue weighted by molar-refractivity contribution is 5.81. The topological polar surface area (TPSA) is 73.1 Å². The number of carbonyl (C=O) groups is 1. The Morgan fingerprint density at radius 2 is 2.00 bits per heavy atom. The van der Waals surface area contributed by atoms with Gasteiger partial charge in [-0.3, -0.25) is 4.79 Å². The summed E-state index contributed by atoms with van der Waals surface area (Å²) in [7, 11) is 1.85. The van der Waals surface area contributed by atoms with Gasteiger partial charge < -0.3 is 9.64 Å². The van der Waals surface area contributed by atoms with E-state index in [4.69, 9.17) is 4.74 Å². The Morgan fingerprint density at radius 3 is 2.79 bits per heavy atom. The van der Waals surface area contributed by atoms with Gasteiger partial charge in [-0.25, -0.2) is 19.0 Å². The molecular formula is C20H22FN5O2. The van der Waals surface area contributed by atoms with Gasteiger partial charge in [-0.2, -0.15) is 5.10 Å². The highest BCUT2D eigenvalue weighted by atomic mass is 19.1. The molecule has 7 nitrogen and oxygen atoms in total. The lowest BCUT2D eigenvalue weighted by Gasteiger charge is -2.33. The first-order valence-electron chi connectivity index (χ1n) is 9.37. The molecule has 1 saturated heterocycles. The zero-order valence-electron chi connectivity index (χ0n) is 15.9. The Labute approximate surface area is 162 Å². The largest absolute Gasteiger partial charge is 0.481 e. The van der Waals surface area contributed by atoms with Crippen LogP contribution in [0.25, 0.3) is 11.2 Å². The Bertz CT molecular complexity index is 988. The van der Waals surface area contributed by atoms with Crippen molar-refractivity contribution in [2.75, 3.05) is 13.1 Å². The van der Waals surface area contributed by atoms with E-state index in [0.717, 1.165) is 29.7 Å². The molecule has 1 aromatic carbocycles. The molecule has 2 unspecified atom stereocenters. The minimum Gasteiger partial charge on any atom is -0.481 e. The van der Waals surface area contributed by atoms with Gasteiger partial charge in [0.25, 0.3) is 5.91 Å². The standard InChI is InChI=1S/C20H22FN5O2/c1-13(28-16-7-5-15(21)6-8-16)20(27)26-11-3-4-14(12-26)17-18-19(25(2)24-17)23-10-9-22-18/h5-10,13-14H,3-4,11-12H2,1-2H3. The number of carbonyl (C=O) groups excluding carboxylic acids is 1. The first-order chi connectivity index (χ1) is 13.5. The molecule has 3 heterocycles. The minimum atomic E-state index is -0.649. The maximum absolute atomic E-state index is 13.0. The fourth-order valence-corrected chi connectivity index (χ4v) is 3.70. The van der Waals surface area contributed by atoms with Crippen molar-refractivity contribution < 1.29 is 13.9 Å². The number of fused-ring (bicyclic) bond motifs is 1. The summed E-state index contributed by atoms with van der Waals surface area (Å²) in [6.45, 7) is 2.97. The number of aromatic nitrogens is 4. The van der Waals surface area contributed by atoms with Gasteiger partial charge in [0.1, 0.15) is 17.1 Å². The molecular weight excluding hydrogens is 361 g/mol. The van der Waals surface area contributed by atoms with Gasteiger partial charge in [-0.15, -0.1) is 0 Å². The molecule has 28 heavy (non-hydrogen) atoms. The molecule has 0 saturated carbocycles. The van der Waals surface area contributed by atoms with E-state index < -0.39 is 6.10 Å². The van der Waals surface area contributed by atoms with Crippen LogP contribution in [0, 0.1) is 5.82 Å². The van der Waals surface area contributed by atoms with E-state index in [1.165, 1.54) is 24.3 Å². The number of piperidine rings is 1. The fourth-order valence-electron chi connectivity index (χ4n) is 3.70. The van der Waals surface area contributed by atoms with Crippen molar-refractivity contribution >= 4 is 17.1 Å². The number of likely N-dealkylation sites (tertiary alicyclic amines) is 1. The number of amides is 1. The molecule has 1 aliphatic heterocycles. The van der Waals surface area contributed by atoms with Gasteiger partial charge in [0.15, 0.2) is 11.8 Å². The summed E-state index contributed by atoms with van der Waals surface area (Å²) in [5, 5.41) is 4.61. The molecule has 0 spiro atoms. The second-order valence-electron chi connectivity index (χ2n) is 7.07. The molecule has 2 atom stereocenters. The van der Waals surface area contributed by atoms with E-state index in [9.17, 15) is 9.18 Å².